The van der Waals surface area contributed by atoms with E-state index in [4.69, 9.17) is 17.2 Å². The van der Waals surface area contributed by atoms with Gasteiger partial charge in [0.25, 0.3) is 0 Å². The number of rotatable bonds is 31. The van der Waals surface area contributed by atoms with Crippen molar-refractivity contribution in [1.82, 2.24) is 41.4 Å². The van der Waals surface area contributed by atoms with Crippen LogP contribution in [0.25, 0.3) is 10.9 Å². The summed E-state index contributed by atoms with van der Waals surface area (Å²) in [4.78, 5) is 116. The molecule has 1 heterocycles. The number of fused-ring (bicyclic) bond motifs is 1. The molecule has 0 aliphatic rings. The molecule has 14 N–H and O–H groups in total. The van der Waals surface area contributed by atoms with Crippen molar-refractivity contribution in [1.29, 1.82) is 0 Å². The predicted molar refractivity (Wildman–Crippen MR) is 289 cm³/mol. The van der Waals surface area contributed by atoms with Crippen molar-refractivity contribution < 1.29 is 48.6 Å². The maximum atomic E-state index is 14.5. The van der Waals surface area contributed by atoms with Crippen molar-refractivity contribution in [3.8, 4) is 5.75 Å². The summed E-state index contributed by atoms with van der Waals surface area (Å²) in [5.74, 6) is -7.11. The van der Waals surface area contributed by atoms with E-state index >= 15 is 0 Å². The maximum absolute atomic E-state index is 14.5. The highest BCUT2D eigenvalue weighted by atomic mass is 16.4. The molecular formula is C55H79N11O10. The second kappa shape index (κ2) is 30.3. The smallest absolute Gasteiger partial charge is 0.326 e. The molecule has 1 unspecified atom stereocenters. The lowest BCUT2D eigenvalue weighted by Crippen LogP contribution is -2.61. The van der Waals surface area contributed by atoms with Gasteiger partial charge in [-0.25, -0.2) is 4.79 Å². The fourth-order valence-corrected chi connectivity index (χ4v) is 8.71. The zero-order chi connectivity index (χ0) is 56.1. The number of para-hydroxylation sites is 1. The summed E-state index contributed by atoms with van der Waals surface area (Å²) >= 11 is 0. The lowest BCUT2D eigenvalue weighted by Gasteiger charge is -2.32. The molecule has 7 amide bonds. The zero-order valence-electron chi connectivity index (χ0n) is 44.6. The first-order valence-corrected chi connectivity index (χ1v) is 25.9. The third-order valence-electron chi connectivity index (χ3n) is 13.4. The molecule has 4 rings (SSSR count). The summed E-state index contributed by atoms with van der Waals surface area (Å²) in [5.41, 5.74) is 20.4. The van der Waals surface area contributed by atoms with Crippen LogP contribution in [-0.2, 0) is 57.6 Å². The van der Waals surface area contributed by atoms with E-state index in [0.29, 0.717) is 56.3 Å². The number of unbranched alkanes of at least 4 members (excludes halogenated alkanes) is 2. The third-order valence-corrected chi connectivity index (χ3v) is 13.4. The fraction of sp³-hybridized carbons (Fsp3) is 0.491. The molecule has 0 saturated heterocycles. The molecule has 3 aromatic carbocycles. The first-order chi connectivity index (χ1) is 36.2. The summed E-state index contributed by atoms with van der Waals surface area (Å²) in [6.45, 7) is 6.92. The zero-order valence-corrected chi connectivity index (χ0v) is 44.6. The first kappa shape index (κ1) is 61.2. The van der Waals surface area contributed by atoms with Crippen LogP contribution < -0.4 is 43.8 Å². The van der Waals surface area contributed by atoms with Gasteiger partial charge in [-0.1, -0.05) is 94.8 Å². The molecule has 0 spiro atoms. The van der Waals surface area contributed by atoms with Crippen LogP contribution in [0.2, 0.25) is 0 Å². The molecule has 4 aromatic rings. The van der Waals surface area contributed by atoms with E-state index in [0.717, 1.165) is 21.4 Å². The SMILES string of the molecule is CC(C)C(NC(=O)[C@H](Cc1ccc(O)cc1)NC(=O)[C@H](Cc1ccccc1)N(C)C(=O)[C@@H](N)CCCCN)C(=O)N[C@H](C(=O)NCC(=O)N(C)[C@@H](Cc1c[nH]c2ccccc12)C(=O)N[C@@H](CCCCN)C(=O)O)C(C)C. The van der Waals surface area contributed by atoms with Gasteiger partial charge in [-0.2, -0.15) is 0 Å². The number of amides is 7. The Morgan fingerprint density at radius 3 is 1.74 bits per heavy atom. The molecule has 0 fully saturated rings. The number of carbonyl (C=O) groups is 8. The first-order valence-electron chi connectivity index (χ1n) is 25.9. The Kier molecular flexibility index (Phi) is 24.4. The Labute approximate surface area is 444 Å². The Morgan fingerprint density at radius 2 is 1.13 bits per heavy atom. The van der Waals surface area contributed by atoms with Crippen LogP contribution >= 0.6 is 0 Å². The van der Waals surface area contributed by atoms with Gasteiger partial charge in [0.05, 0.1) is 12.6 Å². The number of aromatic hydroxyl groups is 1. The topological polar surface area (TPSA) is 337 Å². The Bertz CT molecular complexity index is 2560. The molecule has 0 saturated carbocycles. The molecule has 76 heavy (non-hydrogen) atoms. The third kappa shape index (κ3) is 18.2. The second-order valence-corrected chi connectivity index (χ2v) is 19.9. The van der Waals surface area contributed by atoms with Gasteiger partial charge in [-0.05, 0) is 91.9 Å². The Balaban J connectivity index is 1.53. The highest BCUT2D eigenvalue weighted by Crippen LogP contribution is 2.22. The molecule has 0 radical (unpaired) electrons. The van der Waals surface area contributed by atoms with E-state index in [-0.39, 0.29) is 31.4 Å². The quantitative estimate of drug-likeness (QED) is 0.0320. The van der Waals surface area contributed by atoms with Gasteiger partial charge in [0.1, 0.15) is 42.0 Å². The van der Waals surface area contributed by atoms with Crippen LogP contribution in [0.3, 0.4) is 0 Å². The molecule has 0 bridgehead atoms. The Morgan fingerprint density at radius 1 is 0.592 bits per heavy atom. The van der Waals surface area contributed by atoms with Gasteiger partial charge in [-0.3, -0.25) is 33.6 Å². The lowest BCUT2D eigenvalue weighted by atomic mass is 9.98. The summed E-state index contributed by atoms with van der Waals surface area (Å²) in [6, 6.07) is 14.2. The molecule has 21 nitrogen and oxygen atoms in total. The van der Waals surface area contributed by atoms with E-state index in [1.54, 1.807) is 58.2 Å². The van der Waals surface area contributed by atoms with Crippen molar-refractivity contribution >= 4 is 58.2 Å². The van der Waals surface area contributed by atoms with Crippen LogP contribution in [-0.4, -0.2) is 148 Å². The minimum Gasteiger partial charge on any atom is -0.508 e. The summed E-state index contributed by atoms with van der Waals surface area (Å²) in [5, 5.41) is 34.3. The molecule has 1 aromatic heterocycles. The fourth-order valence-electron chi connectivity index (χ4n) is 8.71. The number of carboxylic acids is 1. The minimum absolute atomic E-state index is 0.00328. The number of carbonyl (C=O) groups excluding carboxylic acids is 7. The number of hydrogen-bond acceptors (Lipinski definition) is 12. The van der Waals surface area contributed by atoms with E-state index < -0.39 is 108 Å². The van der Waals surface area contributed by atoms with E-state index in [1.807, 2.05) is 42.5 Å². The van der Waals surface area contributed by atoms with Crippen molar-refractivity contribution in [2.45, 2.75) is 128 Å². The highest BCUT2D eigenvalue weighted by Gasteiger charge is 2.37. The number of phenolic OH excluding ortho intramolecular Hbond substituents is 1. The van der Waals surface area contributed by atoms with Gasteiger partial charge in [0.15, 0.2) is 0 Å². The number of aromatic amines is 1. The molecule has 0 aliphatic heterocycles. The van der Waals surface area contributed by atoms with Crippen molar-refractivity contribution in [3.05, 3.63) is 102 Å². The molecule has 21 heteroatoms. The average molecular weight is 1050 g/mol. The van der Waals surface area contributed by atoms with E-state index in [1.165, 1.54) is 31.1 Å². The number of aliphatic carboxylic acids is 1. The number of aromatic nitrogens is 1. The highest BCUT2D eigenvalue weighted by molar-refractivity contribution is 5.97. The minimum atomic E-state index is -1.31. The van der Waals surface area contributed by atoms with Crippen LogP contribution in [0.1, 0.15) is 82.9 Å². The van der Waals surface area contributed by atoms with Gasteiger partial charge in [-0.15, -0.1) is 0 Å². The van der Waals surface area contributed by atoms with Crippen molar-refractivity contribution in [2.75, 3.05) is 33.7 Å². The van der Waals surface area contributed by atoms with Crippen molar-refractivity contribution in [3.63, 3.8) is 0 Å². The van der Waals surface area contributed by atoms with Gasteiger partial charge < -0.3 is 68.8 Å². The van der Waals surface area contributed by atoms with Crippen LogP contribution in [0.4, 0.5) is 0 Å². The van der Waals surface area contributed by atoms with Gasteiger partial charge in [0.2, 0.25) is 41.4 Å². The lowest BCUT2D eigenvalue weighted by molar-refractivity contribution is -0.144. The largest absolute Gasteiger partial charge is 0.508 e. The molecule has 7 atom stereocenters. The number of nitrogens with zero attached hydrogens (tertiary/aromatic N) is 2. The number of benzene rings is 3. The summed E-state index contributed by atoms with van der Waals surface area (Å²) in [6.07, 6.45) is 4.46. The summed E-state index contributed by atoms with van der Waals surface area (Å²) in [7, 11) is 2.87. The number of likely N-dealkylation sites (N-methyl/N-ethyl adjacent to an activating group) is 2. The van der Waals surface area contributed by atoms with Gasteiger partial charge in [0, 0.05) is 50.5 Å². The number of nitrogens with one attached hydrogen (secondary N) is 6. The van der Waals surface area contributed by atoms with E-state index in [9.17, 15) is 48.6 Å². The van der Waals surface area contributed by atoms with Crippen molar-refractivity contribution in [2.24, 2.45) is 29.0 Å². The predicted octanol–water partition coefficient (Wildman–Crippen LogP) is 1.59. The number of hydrogen-bond donors (Lipinski definition) is 11. The van der Waals surface area contributed by atoms with E-state index in [2.05, 4.69) is 31.6 Å². The normalized spacial score (nSPS) is 14.1. The van der Waals surface area contributed by atoms with Gasteiger partial charge >= 0.3 is 5.97 Å². The summed E-state index contributed by atoms with van der Waals surface area (Å²) < 4.78 is 0. The number of nitrogens with two attached hydrogens (primary N) is 3. The Hall–Kier alpha value is -7.36. The average Bonchev–Trinajstić information content (AvgIpc) is 3.81. The number of H-pyrrole nitrogens is 1. The number of phenols is 1. The van der Waals surface area contributed by atoms with Crippen LogP contribution in [0.15, 0.2) is 85.1 Å². The standard InChI is InChI=1S/C55H79N11O10/c1-33(2)47(52(72)60-32-46(68)65(5)45(30-37-31-59-41-20-11-10-18-39(37)41)51(71)61-42(55(75)76)21-13-15-27-57)64-53(73)48(34(3)4)63-49(69)43(28-36-22-24-38(67)25-23-36)62-50(70)44(29-35-16-8-7-9-17-35)66(6)54(74)40(58)19-12-14-26-56/h7-11,16-18,20,22-25,31,33-34,40,42-45,47-48,59,67H,12-15,19,21,26-30,32,56-58H2,1-6H3,(H,60,72)(H,61,71)(H,62,70)(H,63,69)(H,64,73)(H,75,76)/t40-,42-,43-,44-,45-,47-,48?/m0/s1. The van der Waals surface area contributed by atoms with Crippen LogP contribution in [0.5, 0.6) is 5.75 Å². The van der Waals surface area contributed by atoms with Crippen LogP contribution in [0, 0.1) is 11.8 Å². The molecular weight excluding hydrogens is 975 g/mol. The number of carboxylic acid groups (broad SMARTS) is 1. The second-order valence-electron chi connectivity index (χ2n) is 19.9. The molecule has 0 aliphatic carbocycles. The molecule has 414 valence electrons. The monoisotopic (exact) mass is 1050 g/mol. The maximum Gasteiger partial charge on any atom is 0.326 e.